The SMILES string of the molecule is O=C(O)[C@@H]1CN(C(=O)NCCCOCC2CCCO2)C[C@H]1C(F)(F)F. The van der Waals surface area contributed by atoms with E-state index in [1.165, 1.54) is 0 Å². The third-order valence-corrected chi connectivity index (χ3v) is 4.41. The molecule has 2 amide bonds. The van der Waals surface area contributed by atoms with Gasteiger partial charge in [-0.1, -0.05) is 0 Å². The number of nitrogens with zero attached hydrogens (tertiary/aromatic N) is 1. The van der Waals surface area contributed by atoms with E-state index in [2.05, 4.69) is 5.32 Å². The van der Waals surface area contributed by atoms with E-state index in [9.17, 15) is 22.8 Å². The number of carboxylic acids is 1. The van der Waals surface area contributed by atoms with Crippen molar-refractivity contribution in [3.63, 3.8) is 0 Å². The van der Waals surface area contributed by atoms with Crippen molar-refractivity contribution in [3.05, 3.63) is 0 Å². The molecule has 0 aliphatic carbocycles. The summed E-state index contributed by atoms with van der Waals surface area (Å²) in [6, 6.07) is -0.683. The maximum atomic E-state index is 12.9. The average molecular weight is 368 g/mol. The molecule has 0 radical (unpaired) electrons. The fraction of sp³-hybridized carbons (Fsp3) is 0.867. The fourth-order valence-corrected chi connectivity index (χ4v) is 3.02. The number of alkyl halides is 3. The summed E-state index contributed by atoms with van der Waals surface area (Å²) in [5.74, 6) is -5.20. The minimum absolute atomic E-state index is 0.117. The highest BCUT2D eigenvalue weighted by atomic mass is 19.4. The van der Waals surface area contributed by atoms with Crippen LogP contribution in [0.5, 0.6) is 0 Å². The van der Waals surface area contributed by atoms with Gasteiger partial charge in [-0.25, -0.2) is 4.79 Å². The molecule has 0 aromatic heterocycles. The second kappa shape index (κ2) is 8.70. The molecule has 2 aliphatic rings. The molecule has 0 saturated carbocycles. The molecule has 144 valence electrons. The van der Waals surface area contributed by atoms with E-state index >= 15 is 0 Å². The van der Waals surface area contributed by atoms with Crippen LogP contribution in [0.25, 0.3) is 0 Å². The lowest BCUT2D eigenvalue weighted by atomic mass is 9.96. The fourth-order valence-electron chi connectivity index (χ4n) is 3.02. The van der Waals surface area contributed by atoms with Gasteiger partial charge in [-0.05, 0) is 19.3 Å². The first-order chi connectivity index (χ1) is 11.8. The lowest BCUT2D eigenvalue weighted by molar-refractivity contribution is -0.187. The zero-order valence-corrected chi connectivity index (χ0v) is 13.8. The van der Waals surface area contributed by atoms with Crippen LogP contribution in [0.1, 0.15) is 19.3 Å². The van der Waals surface area contributed by atoms with E-state index in [0.717, 1.165) is 24.3 Å². The van der Waals surface area contributed by atoms with Gasteiger partial charge in [0, 0.05) is 32.8 Å². The summed E-state index contributed by atoms with van der Waals surface area (Å²) in [6.45, 7) is 0.810. The van der Waals surface area contributed by atoms with E-state index in [1.807, 2.05) is 0 Å². The molecule has 0 aromatic rings. The van der Waals surface area contributed by atoms with Crippen molar-refractivity contribution in [1.82, 2.24) is 10.2 Å². The maximum Gasteiger partial charge on any atom is 0.394 e. The number of carbonyl (C=O) groups excluding carboxylic acids is 1. The minimum Gasteiger partial charge on any atom is -0.481 e. The monoisotopic (exact) mass is 368 g/mol. The number of halogens is 3. The Bertz CT molecular complexity index is 469. The molecule has 10 heteroatoms. The van der Waals surface area contributed by atoms with Crippen LogP contribution in [0.3, 0.4) is 0 Å². The lowest BCUT2D eigenvalue weighted by Crippen LogP contribution is -2.40. The molecule has 2 N–H and O–H groups in total. The van der Waals surface area contributed by atoms with Crippen molar-refractivity contribution >= 4 is 12.0 Å². The summed E-state index contributed by atoms with van der Waals surface area (Å²) < 4.78 is 49.4. The maximum absolute atomic E-state index is 12.9. The highest BCUT2D eigenvalue weighted by Crippen LogP contribution is 2.37. The summed E-state index contributed by atoms with van der Waals surface area (Å²) in [4.78, 5) is 23.8. The molecular formula is C15H23F3N2O5. The van der Waals surface area contributed by atoms with Gasteiger partial charge in [-0.15, -0.1) is 0 Å². The quantitative estimate of drug-likeness (QED) is 0.665. The van der Waals surface area contributed by atoms with Crippen LogP contribution in [0.2, 0.25) is 0 Å². The number of urea groups is 1. The van der Waals surface area contributed by atoms with Crippen molar-refractivity contribution in [2.24, 2.45) is 11.8 Å². The van der Waals surface area contributed by atoms with E-state index in [-0.39, 0.29) is 12.6 Å². The Kier molecular flexibility index (Phi) is 6.88. The Hall–Kier alpha value is -1.55. The predicted octanol–water partition coefficient (Wildman–Crippen LogP) is 1.48. The predicted molar refractivity (Wildman–Crippen MR) is 80.1 cm³/mol. The Morgan fingerprint density at radius 3 is 2.64 bits per heavy atom. The van der Waals surface area contributed by atoms with Gasteiger partial charge in [-0.3, -0.25) is 4.79 Å². The third-order valence-electron chi connectivity index (χ3n) is 4.41. The van der Waals surface area contributed by atoms with Gasteiger partial charge in [-0.2, -0.15) is 13.2 Å². The summed E-state index contributed by atoms with van der Waals surface area (Å²) in [6.07, 6.45) is -2.02. The van der Waals surface area contributed by atoms with Crippen LogP contribution >= 0.6 is 0 Å². The lowest BCUT2D eigenvalue weighted by Gasteiger charge is -2.18. The summed E-state index contributed by atoms with van der Waals surface area (Å²) in [7, 11) is 0. The van der Waals surface area contributed by atoms with Crippen molar-refractivity contribution in [1.29, 1.82) is 0 Å². The summed E-state index contributed by atoms with van der Waals surface area (Å²) in [5.41, 5.74) is 0. The van der Waals surface area contributed by atoms with Crippen LogP contribution in [0.4, 0.5) is 18.0 Å². The number of rotatable bonds is 7. The number of likely N-dealkylation sites (tertiary alicyclic amines) is 1. The Morgan fingerprint density at radius 1 is 1.32 bits per heavy atom. The molecule has 2 heterocycles. The summed E-state index contributed by atoms with van der Waals surface area (Å²) >= 11 is 0. The number of aliphatic carboxylic acids is 1. The molecule has 2 fully saturated rings. The minimum atomic E-state index is -4.64. The van der Waals surface area contributed by atoms with Gasteiger partial charge >= 0.3 is 18.2 Å². The number of carbonyl (C=O) groups is 2. The molecule has 0 aromatic carbocycles. The molecule has 0 spiro atoms. The van der Waals surface area contributed by atoms with Crippen LogP contribution in [-0.4, -0.2) is 73.7 Å². The third kappa shape index (κ3) is 5.74. The second-order valence-corrected chi connectivity index (χ2v) is 6.29. The topological polar surface area (TPSA) is 88.1 Å². The first-order valence-electron chi connectivity index (χ1n) is 8.30. The summed E-state index contributed by atoms with van der Waals surface area (Å²) in [5, 5.41) is 11.4. The average Bonchev–Trinajstić information content (AvgIpc) is 3.18. The van der Waals surface area contributed by atoms with Gasteiger partial charge in [0.2, 0.25) is 0 Å². The second-order valence-electron chi connectivity index (χ2n) is 6.29. The molecular weight excluding hydrogens is 345 g/mol. The zero-order valence-electron chi connectivity index (χ0n) is 13.8. The van der Waals surface area contributed by atoms with E-state index in [1.54, 1.807) is 0 Å². The molecule has 7 nitrogen and oxygen atoms in total. The van der Waals surface area contributed by atoms with Crippen LogP contribution in [-0.2, 0) is 14.3 Å². The molecule has 25 heavy (non-hydrogen) atoms. The van der Waals surface area contributed by atoms with Crippen LogP contribution < -0.4 is 5.32 Å². The first kappa shape index (κ1) is 19.8. The Labute approximate surface area is 143 Å². The number of ether oxygens (including phenoxy) is 2. The first-order valence-corrected chi connectivity index (χ1v) is 8.30. The van der Waals surface area contributed by atoms with Gasteiger partial charge in [0.05, 0.1) is 24.5 Å². The number of amides is 2. The highest BCUT2D eigenvalue weighted by molar-refractivity contribution is 5.77. The van der Waals surface area contributed by atoms with E-state index in [4.69, 9.17) is 14.6 Å². The van der Waals surface area contributed by atoms with Crippen molar-refractivity contribution in [3.8, 4) is 0 Å². The molecule has 2 saturated heterocycles. The van der Waals surface area contributed by atoms with Gasteiger partial charge in [0.25, 0.3) is 0 Å². The smallest absolute Gasteiger partial charge is 0.394 e. The molecule has 2 aliphatic heterocycles. The number of hydrogen-bond donors (Lipinski definition) is 2. The standard InChI is InChI=1S/C15H23F3N2O5/c16-15(17,18)12-8-20(7-11(12)13(21)22)14(23)19-4-2-5-24-9-10-3-1-6-25-10/h10-12H,1-9H2,(H,19,23)(H,21,22)/t10?,11-,12-/m1/s1. The van der Waals surface area contributed by atoms with Gasteiger partial charge in [0.1, 0.15) is 0 Å². The molecule has 0 bridgehead atoms. The van der Waals surface area contributed by atoms with E-state index in [0.29, 0.717) is 19.6 Å². The number of carboxylic acid groups (broad SMARTS) is 1. The van der Waals surface area contributed by atoms with Crippen LogP contribution in [0, 0.1) is 11.8 Å². The van der Waals surface area contributed by atoms with Crippen LogP contribution in [0.15, 0.2) is 0 Å². The molecule has 2 rings (SSSR count). The highest BCUT2D eigenvalue weighted by Gasteiger charge is 2.53. The Balaban J connectivity index is 1.65. The number of nitrogens with one attached hydrogen (secondary N) is 1. The Morgan fingerprint density at radius 2 is 2.08 bits per heavy atom. The number of hydrogen-bond acceptors (Lipinski definition) is 4. The normalized spacial score (nSPS) is 26.8. The van der Waals surface area contributed by atoms with Gasteiger partial charge in [0.15, 0.2) is 0 Å². The van der Waals surface area contributed by atoms with Crippen molar-refractivity contribution < 1.29 is 37.3 Å². The molecule has 3 atom stereocenters. The molecule has 1 unspecified atom stereocenters. The van der Waals surface area contributed by atoms with Crippen molar-refractivity contribution in [2.45, 2.75) is 31.5 Å². The largest absolute Gasteiger partial charge is 0.481 e. The van der Waals surface area contributed by atoms with Crippen molar-refractivity contribution in [2.75, 3.05) is 39.5 Å². The van der Waals surface area contributed by atoms with E-state index < -0.39 is 43.1 Å². The zero-order chi connectivity index (χ0) is 18.4. The van der Waals surface area contributed by atoms with Gasteiger partial charge < -0.3 is 24.8 Å².